The number of amides is 2. The zero-order chi connectivity index (χ0) is 21.2. The van der Waals surface area contributed by atoms with Gasteiger partial charge in [0, 0.05) is 11.6 Å². The lowest BCUT2D eigenvalue weighted by Gasteiger charge is -2.36. The van der Waals surface area contributed by atoms with Crippen molar-refractivity contribution in [2.45, 2.75) is 57.4 Å². The van der Waals surface area contributed by atoms with Crippen molar-refractivity contribution < 1.29 is 49.9 Å². The van der Waals surface area contributed by atoms with E-state index in [2.05, 4.69) is 11.3 Å². The minimum Gasteiger partial charge on any atom is -0.418 e. The fourth-order valence-corrected chi connectivity index (χ4v) is 2.60. The Morgan fingerprint density at radius 1 is 1.04 bits per heavy atom. The Kier molecular flexibility index (Phi) is 7.00. The molecule has 0 N–H and O–H groups in total. The molecule has 1 rings (SSSR count). The Hall–Kier alpha value is -2.14. The molecule has 0 spiro atoms. The Morgan fingerprint density at radius 3 is 1.89 bits per heavy atom. The van der Waals surface area contributed by atoms with Gasteiger partial charge in [-0.25, -0.2) is 4.79 Å². The molecule has 0 aromatic rings. The molecule has 1 unspecified atom stereocenters. The van der Waals surface area contributed by atoms with Gasteiger partial charge in [0.15, 0.2) is 0 Å². The van der Waals surface area contributed by atoms with Gasteiger partial charge >= 0.3 is 36.5 Å². The highest BCUT2D eigenvalue weighted by molar-refractivity contribution is 6.00. The number of hydrogen-bond acceptors (Lipinski definition) is 4. The number of nitrogens with zero attached hydrogens (tertiary/aromatic N) is 1. The zero-order valence-corrected chi connectivity index (χ0v) is 14.0. The van der Waals surface area contributed by atoms with Crippen LogP contribution in [0, 0.1) is 5.92 Å². The molecule has 2 amide bonds. The number of rotatable bonds is 4. The summed E-state index contributed by atoms with van der Waals surface area (Å²) >= 11 is 0. The molecule has 5 nitrogen and oxygen atoms in total. The van der Waals surface area contributed by atoms with Crippen LogP contribution in [0.1, 0.15) is 32.6 Å². The fourth-order valence-electron chi connectivity index (χ4n) is 2.60. The van der Waals surface area contributed by atoms with Gasteiger partial charge in [0.2, 0.25) is 0 Å². The zero-order valence-electron chi connectivity index (χ0n) is 14.0. The van der Waals surface area contributed by atoms with Gasteiger partial charge in [-0.05, 0) is 32.6 Å². The number of carbonyl (C=O) groups is 3. The molecule has 1 fully saturated rings. The van der Waals surface area contributed by atoms with Gasteiger partial charge in [-0.15, -0.1) is 0 Å². The lowest BCUT2D eigenvalue weighted by Crippen LogP contribution is -2.54. The van der Waals surface area contributed by atoms with Gasteiger partial charge < -0.3 is 4.74 Å². The van der Waals surface area contributed by atoms with E-state index in [0.717, 1.165) is 6.92 Å². The van der Waals surface area contributed by atoms with Crippen LogP contribution < -0.4 is 0 Å². The summed E-state index contributed by atoms with van der Waals surface area (Å²) in [4.78, 5) is 34.2. The number of alkyl halides is 7. The summed E-state index contributed by atoms with van der Waals surface area (Å²) in [6.45, 7) is 4.17. The van der Waals surface area contributed by atoms with Crippen molar-refractivity contribution in [3.63, 3.8) is 0 Å². The molecule has 0 aromatic carbocycles. The first-order valence-electron chi connectivity index (χ1n) is 7.67. The van der Waals surface area contributed by atoms with E-state index < -0.39 is 79.0 Å². The molecule has 0 aromatic heterocycles. The third-order valence-corrected chi connectivity index (χ3v) is 3.98. The molecule has 1 aliphatic rings. The lowest BCUT2D eigenvalue weighted by molar-refractivity contribution is -0.201. The molecule has 0 bridgehead atoms. The molecule has 27 heavy (non-hydrogen) atoms. The topological polar surface area (TPSA) is 63.7 Å². The smallest absolute Gasteiger partial charge is 0.418 e. The summed E-state index contributed by atoms with van der Waals surface area (Å²) in [5.41, 5.74) is -0.357. The Morgan fingerprint density at radius 2 is 1.52 bits per heavy atom. The van der Waals surface area contributed by atoms with E-state index in [0.29, 0.717) is 0 Å². The quantitative estimate of drug-likeness (QED) is 0.407. The standard InChI is InChI=1S/C15H16F7NO4/c1-7(2)12(25)27-10(16)11(24)23(13(26)15(20,21)22)9-5-3-8(4-6-9)14(17,18)19/h8-10H,1,3-6H2,2H3. The van der Waals surface area contributed by atoms with Gasteiger partial charge in [0.05, 0.1) is 5.92 Å². The maximum absolute atomic E-state index is 13.9. The van der Waals surface area contributed by atoms with E-state index >= 15 is 0 Å². The van der Waals surface area contributed by atoms with E-state index in [9.17, 15) is 45.1 Å². The fraction of sp³-hybridized carbons (Fsp3) is 0.667. The maximum Gasteiger partial charge on any atom is 0.471 e. The minimum absolute atomic E-state index is 0.357. The molecule has 1 atom stereocenters. The Labute approximate surface area is 149 Å². The van der Waals surface area contributed by atoms with Gasteiger partial charge in [-0.3, -0.25) is 14.5 Å². The first-order chi connectivity index (χ1) is 12.2. The first kappa shape index (κ1) is 22.9. The number of ether oxygens (including phenoxy) is 1. The van der Waals surface area contributed by atoms with Crippen LogP contribution in [0.3, 0.4) is 0 Å². The molecule has 154 valence electrons. The van der Waals surface area contributed by atoms with Crippen molar-refractivity contribution in [2.75, 3.05) is 0 Å². The van der Waals surface area contributed by atoms with Crippen molar-refractivity contribution in [3.05, 3.63) is 12.2 Å². The molecule has 0 heterocycles. The number of esters is 1. The van der Waals surface area contributed by atoms with E-state index in [-0.39, 0.29) is 5.57 Å². The number of carbonyl (C=O) groups excluding carboxylic acids is 3. The van der Waals surface area contributed by atoms with E-state index in [1.165, 1.54) is 0 Å². The average molecular weight is 407 g/mol. The molecular formula is C15H16F7NO4. The number of halogens is 7. The van der Waals surface area contributed by atoms with Gasteiger partial charge in [-0.1, -0.05) is 6.58 Å². The van der Waals surface area contributed by atoms with Crippen LogP contribution in [-0.4, -0.2) is 47.4 Å². The summed E-state index contributed by atoms with van der Waals surface area (Å²) < 4.78 is 94.2. The van der Waals surface area contributed by atoms with Crippen molar-refractivity contribution in [1.82, 2.24) is 4.90 Å². The van der Waals surface area contributed by atoms with Crippen LogP contribution in [0.25, 0.3) is 0 Å². The monoisotopic (exact) mass is 407 g/mol. The Bertz CT molecular complexity index is 606. The second-order valence-corrected chi connectivity index (χ2v) is 6.06. The first-order valence-corrected chi connectivity index (χ1v) is 7.67. The summed E-state index contributed by atoms with van der Waals surface area (Å²) in [5.74, 6) is -8.07. The highest BCUT2D eigenvalue weighted by Gasteiger charge is 2.51. The van der Waals surface area contributed by atoms with E-state index in [4.69, 9.17) is 0 Å². The summed E-state index contributed by atoms with van der Waals surface area (Å²) in [6, 6.07) is -1.60. The molecule has 0 aliphatic heterocycles. The normalized spacial score (nSPS) is 21.9. The Balaban J connectivity index is 3.02. The number of hydrogen-bond donors (Lipinski definition) is 0. The minimum atomic E-state index is -5.57. The molecular weight excluding hydrogens is 391 g/mol. The highest BCUT2D eigenvalue weighted by Crippen LogP contribution is 2.39. The lowest BCUT2D eigenvalue weighted by atomic mass is 9.84. The van der Waals surface area contributed by atoms with Crippen LogP contribution >= 0.6 is 0 Å². The van der Waals surface area contributed by atoms with Crippen molar-refractivity contribution in [2.24, 2.45) is 5.92 Å². The highest BCUT2D eigenvalue weighted by atomic mass is 19.4. The predicted octanol–water partition coefficient (Wildman–Crippen LogP) is 3.44. The van der Waals surface area contributed by atoms with Crippen molar-refractivity contribution in [3.8, 4) is 0 Å². The van der Waals surface area contributed by atoms with Crippen LogP contribution in [0.5, 0.6) is 0 Å². The van der Waals surface area contributed by atoms with Crippen molar-refractivity contribution >= 4 is 17.8 Å². The third kappa shape index (κ3) is 5.93. The molecule has 1 saturated carbocycles. The predicted molar refractivity (Wildman–Crippen MR) is 75.5 cm³/mol. The summed E-state index contributed by atoms with van der Waals surface area (Å²) in [7, 11) is 0. The third-order valence-electron chi connectivity index (χ3n) is 3.98. The number of imide groups is 1. The van der Waals surface area contributed by atoms with E-state index in [1.54, 1.807) is 0 Å². The van der Waals surface area contributed by atoms with Gasteiger partial charge in [-0.2, -0.15) is 30.7 Å². The molecule has 0 radical (unpaired) electrons. The molecule has 0 saturated heterocycles. The van der Waals surface area contributed by atoms with Gasteiger partial charge in [0.1, 0.15) is 0 Å². The second kappa shape index (κ2) is 8.26. The molecule has 12 heteroatoms. The summed E-state index contributed by atoms with van der Waals surface area (Å²) in [5, 5.41) is 0. The van der Waals surface area contributed by atoms with Crippen LogP contribution in [0.4, 0.5) is 30.7 Å². The second-order valence-electron chi connectivity index (χ2n) is 6.06. The maximum atomic E-state index is 13.9. The van der Waals surface area contributed by atoms with Crippen LogP contribution in [-0.2, 0) is 19.1 Å². The average Bonchev–Trinajstić information content (AvgIpc) is 2.53. The van der Waals surface area contributed by atoms with Crippen LogP contribution in [0.2, 0.25) is 0 Å². The van der Waals surface area contributed by atoms with E-state index in [1.807, 2.05) is 0 Å². The van der Waals surface area contributed by atoms with Crippen molar-refractivity contribution in [1.29, 1.82) is 0 Å². The van der Waals surface area contributed by atoms with Gasteiger partial charge in [0.25, 0.3) is 0 Å². The largest absolute Gasteiger partial charge is 0.471 e. The van der Waals surface area contributed by atoms with Crippen LogP contribution in [0.15, 0.2) is 12.2 Å². The summed E-state index contributed by atoms with van der Waals surface area (Å²) in [6.07, 6.45) is -15.8. The molecule has 1 aliphatic carbocycles. The SMILES string of the molecule is C=C(C)C(=O)OC(F)C(=O)N(C(=O)C(F)(F)F)C1CCC(C(F)(F)F)CC1.